The fraction of sp³-hybridized carbons (Fsp3) is 0.167. The second-order valence-electron chi connectivity index (χ2n) is 5.30. The van der Waals surface area contributed by atoms with E-state index in [1.165, 1.54) is 0 Å². The number of H-pyrrole nitrogens is 2. The van der Waals surface area contributed by atoms with Crippen molar-refractivity contribution in [1.82, 2.24) is 9.97 Å². The van der Waals surface area contributed by atoms with Gasteiger partial charge in [0.05, 0.1) is 36.1 Å². The van der Waals surface area contributed by atoms with Crippen molar-refractivity contribution in [2.75, 3.05) is 21.3 Å². The lowest BCUT2D eigenvalue weighted by molar-refractivity contribution is 0.103. The molecule has 0 spiro atoms. The number of nitrogens with one attached hydrogen (secondary N) is 2. The van der Waals surface area contributed by atoms with Gasteiger partial charge >= 0.3 is 0 Å². The molecule has 2 N–H and O–H groups in total. The molecule has 0 fully saturated rings. The predicted octanol–water partition coefficient (Wildman–Crippen LogP) is 4.79. The molecule has 0 radical (unpaired) electrons. The normalized spacial score (nSPS) is 10.7. The fourth-order valence-corrected chi connectivity index (χ4v) is 4.31. The van der Waals surface area contributed by atoms with Crippen LogP contribution in [0.1, 0.15) is 16.2 Å². The van der Waals surface area contributed by atoms with Gasteiger partial charge in [0.1, 0.15) is 5.69 Å². The van der Waals surface area contributed by atoms with Crippen LogP contribution in [0.5, 0.6) is 17.2 Å². The van der Waals surface area contributed by atoms with Crippen molar-refractivity contribution in [2.45, 2.75) is 0 Å². The minimum atomic E-state index is -0.159. The first kappa shape index (κ1) is 18.6. The van der Waals surface area contributed by atoms with Gasteiger partial charge in [0, 0.05) is 17.3 Å². The summed E-state index contributed by atoms with van der Waals surface area (Å²) in [5.41, 5.74) is 2.40. The van der Waals surface area contributed by atoms with Crippen LogP contribution in [0.2, 0.25) is 0 Å². The van der Waals surface area contributed by atoms with E-state index >= 15 is 0 Å². The van der Waals surface area contributed by atoms with Gasteiger partial charge in [0.2, 0.25) is 11.5 Å². The number of aromatic amines is 2. The molecule has 136 valence electrons. The predicted molar refractivity (Wildman–Crippen MR) is 106 cm³/mol. The maximum atomic E-state index is 12.7. The summed E-state index contributed by atoms with van der Waals surface area (Å²) >= 11 is 7.05. The average Bonchev–Trinajstić information content (AvgIpc) is 3.28. The number of halogens is 2. The molecule has 26 heavy (non-hydrogen) atoms. The highest BCUT2D eigenvalue weighted by atomic mass is 79.9. The number of benzene rings is 1. The first-order valence-electron chi connectivity index (χ1n) is 7.57. The zero-order chi connectivity index (χ0) is 18.8. The van der Waals surface area contributed by atoms with E-state index in [2.05, 4.69) is 41.8 Å². The van der Waals surface area contributed by atoms with Crippen molar-refractivity contribution in [3.05, 3.63) is 50.9 Å². The molecule has 3 rings (SSSR count). The van der Waals surface area contributed by atoms with Gasteiger partial charge in [0.15, 0.2) is 11.5 Å². The second-order valence-corrected chi connectivity index (χ2v) is 6.88. The molecule has 0 aliphatic carbocycles. The summed E-state index contributed by atoms with van der Waals surface area (Å²) in [5.74, 6) is 1.38. The number of ether oxygens (including phenoxy) is 3. The van der Waals surface area contributed by atoms with E-state index in [0.717, 1.165) is 11.1 Å². The lowest BCUT2D eigenvalue weighted by atomic mass is 10.1. The van der Waals surface area contributed by atoms with E-state index in [-0.39, 0.29) is 5.78 Å². The number of hydrogen-bond acceptors (Lipinski definition) is 4. The first-order chi connectivity index (χ1) is 12.5. The Labute approximate surface area is 167 Å². The van der Waals surface area contributed by atoms with Crippen molar-refractivity contribution in [2.24, 2.45) is 0 Å². The fourth-order valence-electron chi connectivity index (χ4n) is 2.75. The monoisotopic (exact) mass is 482 g/mol. The molecular weight excluding hydrogens is 468 g/mol. The summed E-state index contributed by atoms with van der Waals surface area (Å²) in [6, 6.07) is 7.13. The SMILES string of the molecule is COc1ccc(-c2c(Br)[nH]c(C(=O)c3ccc[nH]3)c2Br)c(OC)c1OC. The van der Waals surface area contributed by atoms with Crippen LogP contribution in [0.3, 0.4) is 0 Å². The van der Waals surface area contributed by atoms with Gasteiger partial charge < -0.3 is 24.2 Å². The third kappa shape index (κ3) is 3.03. The largest absolute Gasteiger partial charge is 0.493 e. The van der Waals surface area contributed by atoms with Gasteiger partial charge in [-0.25, -0.2) is 0 Å². The zero-order valence-corrected chi connectivity index (χ0v) is 17.4. The molecule has 0 aliphatic heterocycles. The summed E-state index contributed by atoms with van der Waals surface area (Å²) in [7, 11) is 4.66. The third-order valence-corrected chi connectivity index (χ3v) is 5.32. The summed E-state index contributed by atoms with van der Waals surface area (Å²) < 4.78 is 17.6. The molecule has 0 unspecified atom stereocenters. The number of aromatic nitrogens is 2. The number of rotatable bonds is 6. The summed E-state index contributed by atoms with van der Waals surface area (Å²) in [6.07, 6.45) is 1.71. The molecule has 0 saturated heterocycles. The Morgan fingerprint density at radius 1 is 1.00 bits per heavy atom. The number of carbonyl (C=O) groups excluding carboxylic acids is 1. The van der Waals surface area contributed by atoms with Crippen LogP contribution in [-0.4, -0.2) is 37.1 Å². The van der Waals surface area contributed by atoms with E-state index < -0.39 is 0 Å². The number of carbonyl (C=O) groups is 1. The maximum Gasteiger partial charge on any atom is 0.226 e. The van der Waals surface area contributed by atoms with Crippen LogP contribution in [0.25, 0.3) is 11.1 Å². The van der Waals surface area contributed by atoms with Crippen LogP contribution < -0.4 is 14.2 Å². The number of ketones is 1. The van der Waals surface area contributed by atoms with Crippen LogP contribution in [-0.2, 0) is 0 Å². The van der Waals surface area contributed by atoms with Crippen molar-refractivity contribution in [1.29, 1.82) is 0 Å². The van der Waals surface area contributed by atoms with Gasteiger partial charge in [-0.2, -0.15) is 0 Å². The Hall–Kier alpha value is -2.19. The zero-order valence-electron chi connectivity index (χ0n) is 14.3. The van der Waals surface area contributed by atoms with E-state index in [0.29, 0.717) is 37.7 Å². The molecular formula is C18H16Br2N2O4. The van der Waals surface area contributed by atoms with Crippen LogP contribution in [0.15, 0.2) is 39.5 Å². The van der Waals surface area contributed by atoms with E-state index in [1.54, 1.807) is 45.7 Å². The highest BCUT2D eigenvalue weighted by Crippen LogP contribution is 2.48. The van der Waals surface area contributed by atoms with E-state index in [1.807, 2.05) is 6.07 Å². The Kier molecular flexibility index (Phi) is 5.43. The Balaban J connectivity index is 2.18. The lowest BCUT2D eigenvalue weighted by Gasteiger charge is -2.15. The topological polar surface area (TPSA) is 76.3 Å². The van der Waals surface area contributed by atoms with E-state index in [4.69, 9.17) is 14.2 Å². The molecule has 6 nitrogen and oxygen atoms in total. The maximum absolute atomic E-state index is 12.7. The lowest BCUT2D eigenvalue weighted by Crippen LogP contribution is -2.02. The van der Waals surface area contributed by atoms with Gasteiger partial charge in [0.25, 0.3) is 0 Å². The Bertz CT molecular complexity index is 949. The van der Waals surface area contributed by atoms with Crippen LogP contribution in [0.4, 0.5) is 0 Å². The molecule has 2 heterocycles. The molecule has 0 saturated carbocycles. The highest BCUT2D eigenvalue weighted by molar-refractivity contribution is 9.11. The van der Waals surface area contributed by atoms with Crippen molar-refractivity contribution < 1.29 is 19.0 Å². The van der Waals surface area contributed by atoms with E-state index in [9.17, 15) is 4.79 Å². The van der Waals surface area contributed by atoms with Crippen molar-refractivity contribution in [3.63, 3.8) is 0 Å². The van der Waals surface area contributed by atoms with Gasteiger partial charge in [-0.1, -0.05) is 0 Å². The van der Waals surface area contributed by atoms with Gasteiger partial charge in [-0.05, 0) is 56.1 Å². The number of hydrogen-bond donors (Lipinski definition) is 2. The minimum absolute atomic E-state index is 0.159. The van der Waals surface area contributed by atoms with Crippen LogP contribution >= 0.6 is 31.9 Å². The second kappa shape index (κ2) is 7.59. The summed E-state index contributed by atoms with van der Waals surface area (Å²) in [4.78, 5) is 18.7. The molecule has 0 bridgehead atoms. The highest BCUT2D eigenvalue weighted by Gasteiger charge is 2.26. The smallest absolute Gasteiger partial charge is 0.226 e. The van der Waals surface area contributed by atoms with Gasteiger partial charge in [-0.15, -0.1) is 0 Å². The third-order valence-electron chi connectivity index (χ3n) is 3.94. The molecule has 8 heteroatoms. The number of methoxy groups -OCH3 is 3. The molecule has 3 aromatic rings. The average molecular weight is 484 g/mol. The molecule has 2 aromatic heterocycles. The molecule has 1 aromatic carbocycles. The van der Waals surface area contributed by atoms with Crippen molar-refractivity contribution in [3.8, 4) is 28.4 Å². The Morgan fingerprint density at radius 3 is 2.31 bits per heavy atom. The Morgan fingerprint density at radius 2 is 1.73 bits per heavy atom. The molecule has 0 atom stereocenters. The molecule has 0 amide bonds. The van der Waals surface area contributed by atoms with Crippen LogP contribution in [0, 0.1) is 0 Å². The standard InChI is InChI=1S/C18H16Br2N2O4/c1-24-11-7-6-9(16(25-2)17(11)26-3)12-13(19)14(22-18(12)20)15(23)10-5-4-8-21-10/h4-8,21-22H,1-3H3. The van der Waals surface area contributed by atoms with Crippen molar-refractivity contribution >= 4 is 37.6 Å². The van der Waals surface area contributed by atoms with Gasteiger partial charge in [-0.3, -0.25) is 4.79 Å². The first-order valence-corrected chi connectivity index (χ1v) is 9.16. The summed E-state index contributed by atoms with van der Waals surface area (Å²) in [6.45, 7) is 0. The quantitative estimate of drug-likeness (QED) is 0.494. The molecule has 0 aliphatic rings. The summed E-state index contributed by atoms with van der Waals surface area (Å²) in [5, 5.41) is 0. The minimum Gasteiger partial charge on any atom is -0.493 e.